The van der Waals surface area contributed by atoms with Crippen LogP contribution in [0.3, 0.4) is 0 Å². The van der Waals surface area contributed by atoms with E-state index in [4.69, 9.17) is 0 Å². The molecule has 1 rings (SSSR count). The van der Waals surface area contributed by atoms with Crippen molar-refractivity contribution in [2.24, 2.45) is 0 Å². The normalized spacial score (nSPS) is 26.9. The highest BCUT2D eigenvalue weighted by atomic mass is 32.2. The lowest BCUT2D eigenvalue weighted by Crippen LogP contribution is -2.59. The lowest BCUT2D eigenvalue weighted by Gasteiger charge is -2.41. The van der Waals surface area contributed by atoms with E-state index in [1.165, 1.54) is 0 Å². The van der Waals surface area contributed by atoms with Crippen LogP contribution < -0.4 is 5.32 Å². The minimum atomic E-state index is -0.440. The van der Waals surface area contributed by atoms with Crippen molar-refractivity contribution in [3.8, 4) is 0 Å². The number of nitrogens with zero attached hydrogens (tertiary/aromatic N) is 1. The first-order chi connectivity index (χ1) is 7.40. The Labute approximate surface area is 103 Å². The van der Waals surface area contributed by atoms with Crippen molar-refractivity contribution >= 4 is 17.7 Å². The highest BCUT2D eigenvalue weighted by molar-refractivity contribution is 8.00. The molecule has 2 unspecified atom stereocenters. The Morgan fingerprint density at radius 2 is 2.12 bits per heavy atom. The molecule has 0 aromatic rings. The first-order valence-electron chi connectivity index (χ1n) is 6.08. The van der Waals surface area contributed by atoms with Gasteiger partial charge in [-0.05, 0) is 27.3 Å². The van der Waals surface area contributed by atoms with Gasteiger partial charge in [0.1, 0.15) is 0 Å². The summed E-state index contributed by atoms with van der Waals surface area (Å²) in [5.74, 6) is 1.29. The molecule has 1 saturated heterocycles. The molecule has 1 N–H and O–H groups in total. The van der Waals surface area contributed by atoms with Crippen LogP contribution in [0.25, 0.3) is 0 Å². The van der Waals surface area contributed by atoms with Crippen molar-refractivity contribution in [3.63, 3.8) is 0 Å². The molecule has 0 aliphatic carbocycles. The molecule has 16 heavy (non-hydrogen) atoms. The van der Waals surface area contributed by atoms with Crippen LogP contribution in [0.5, 0.6) is 0 Å². The molecule has 0 aromatic carbocycles. The van der Waals surface area contributed by atoms with Crippen LogP contribution in [0.2, 0.25) is 0 Å². The Morgan fingerprint density at radius 1 is 1.50 bits per heavy atom. The molecular formula is C12H24N2OS. The van der Waals surface area contributed by atoms with Crippen molar-refractivity contribution in [1.29, 1.82) is 0 Å². The molecule has 0 saturated carbocycles. The van der Waals surface area contributed by atoms with Crippen molar-refractivity contribution < 1.29 is 4.79 Å². The summed E-state index contributed by atoms with van der Waals surface area (Å²) in [5, 5.41) is 3.79. The molecule has 2 atom stereocenters. The van der Waals surface area contributed by atoms with E-state index in [0.29, 0.717) is 11.3 Å². The summed E-state index contributed by atoms with van der Waals surface area (Å²) in [4.78, 5) is 14.5. The quantitative estimate of drug-likeness (QED) is 0.820. The number of carbonyl (C=O) groups excluding carboxylic acids is 1. The smallest absolute Gasteiger partial charge is 0.242 e. The number of nitrogens with one attached hydrogen (secondary N) is 1. The third-order valence-electron chi connectivity index (χ3n) is 3.30. The van der Waals surface area contributed by atoms with E-state index >= 15 is 0 Å². The van der Waals surface area contributed by atoms with Crippen molar-refractivity contribution in [2.75, 3.05) is 18.8 Å². The monoisotopic (exact) mass is 244 g/mol. The van der Waals surface area contributed by atoms with Gasteiger partial charge in [-0.15, -0.1) is 0 Å². The average molecular weight is 244 g/mol. The van der Waals surface area contributed by atoms with Crippen molar-refractivity contribution in [3.05, 3.63) is 0 Å². The average Bonchev–Trinajstić information content (AvgIpc) is 2.21. The molecule has 0 aromatic heterocycles. The second-order valence-corrected chi connectivity index (χ2v) is 6.46. The van der Waals surface area contributed by atoms with Gasteiger partial charge in [0, 0.05) is 23.6 Å². The van der Waals surface area contributed by atoms with E-state index < -0.39 is 5.54 Å². The first-order valence-corrected chi connectivity index (χ1v) is 7.12. The van der Waals surface area contributed by atoms with E-state index in [9.17, 15) is 4.79 Å². The van der Waals surface area contributed by atoms with Crippen LogP contribution >= 0.6 is 11.8 Å². The van der Waals surface area contributed by atoms with Gasteiger partial charge in [-0.2, -0.15) is 11.8 Å². The number of hydrogen-bond donors (Lipinski definition) is 1. The van der Waals surface area contributed by atoms with Crippen LogP contribution in [0.1, 0.15) is 34.6 Å². The Kier molecular flexibility index (Phi) is 4.68. The largest absolute Gasteiger partial charge is 0.336 e. The Bertz CT molecular complexity index is 255. The second kappa shape index (κ2) is 5.41. The lowest BCUT2D eigenvalue weighted by atomic mass is 10.0. The molecule has 4 heteroatoms. The van der Waals surface area contributed by atoms with Crippen LogP contribution in [-0.2, 0) is 4.79 Å². The summed E-state index contributed by atoms with van der Waals surface area (Å²) in [7, 11) is 0. The predicted molar refractivity (Wildman–Crippen MR) is 70.9 cm³/mol. The standard InChI is InChI=1S/C12H24N2OS/c1-6-13-12(4,5)11(15)14-7-8-16-10(3)9(14)2/h9-10,13H,6-8H2,1-5H3. The van der Waals surface area contributed by atoms with Crippen LogP contribution in [0.4, 0.5) is 0 Å². The maximum absolute atomic E-state index is 12.4. The van der Waals surface area contributed by atoms with E-state index in [0.717, 1.165) is 18.8 Å². The topological polar surface area (TPSA) is 32.3 Å². The summed E-state index contributed by atoms with van der Waals surface area (Å²) in [6, 6.07) is 0.337. The predicted octanol–water partition coefficient (Wildman–Crippen LogP) is 1.73. The summed E-state index contributed by atoms with van der Waals surface area (Å²) in [6.07, 6.45) is 0. The summed E-state index contributed by atoms with van der Waals surface area (Å²) < 4.78 is 0. The minimum absolute atomic E-state index is 0.231. The minimum Gasteiger partial charge on any atom is -0.336 e. The van der Waals surface area contributed by atoms with Crippen LogP contribution in [0.15, 0.2) is 0 Å². The van der Waals surface area contributed by atoms with Crippen molar-refractivity contribution in [2.45, 2.75) is 51.4 Å². The zero-order chi connectivity index (χ0) is 12.3. The third kappa shape index (κ3) is 2.92. The SMILES string of the molecule is CCNC(C)(C)C(=O)N1CCSC(C)C1C. The zero-order valence-electron chi connectivity index (χ0n) is 11.0. The van der Waals surface area contributed by atoms with Gasteiger partial charge in [0.25, 0.3) is 0 Å². The Balaban J connectivity index is 2.72. The van der Waals surface area contributed by atoms with Gasteiger partial charge in [0.2, 0.25) is 5.91 Å². The highest BCUT2D eigenvalue weighted by Crippen LogP contribution is 2.26. The summed E-state index contributed by atoms with van der Waals surface area (Å²) in [6.45, 7) is 12.0. The maximum Gasteiger partial charge on any atom is 0.242 e. The number of rotatable bonds is 3. The van der Waals surface area contributed by atoms with Gasteiger partial charge >= 0.3 is 0 Å². The van der Waals surface area contributed by atoms with Crippen molar-refractivity contribution in [1.82, 2.24) is 10.2 Å². The van der Waals surface area contributed by atoms with E-state index in [-0.39, 0.29) is 5.91 Å². The Hall–Kier alpha value is -0.220. The zero-order valence-corrected chi connectivity index (χ0v) is 11.9. The summed E-state index contributed by atoms with van der Waals surface area (Å²) >= 11 is 1.96. The molecule has 1 amide bonds. The number of likely N-dealkylation sites (N-methyl/N-ethyl adjacent to an activating group) is 1. The van der Waals surface area contributed by atoms with Gasteiger partial charge < -0.3 is 10.2 Å². The van der Waals surface area contributed by atoms with Crippen LogP contribution in [0, 0.1) is 0 Å². The number of amides is 1. The van der Waals surface area contributed by atoms with Crippen LogP contribution in [-0.4, -0.2) is 46.5 Å². The third-order valence-corrected chi connectivity index (χ3v) is 4.64. The molecule has 1 aliphatic heterocycles. The van der Waals surface area contributed by atoms with Gasteiger partial charge in [0.05, 0.1) is 5.54 Å². The maximum atomic E-state index is 12.4. The molecule has 1 fully saturated rings. The van der Waals surface area contributed by atoms with Gasteiger partial charge in [-0.1, -0.05) is 13.8 Å². The first kappa shape index (κ1) is 13.8. The molecule has 0 radical (unpaired) electrons. The number of thioether (sulfide) groups is 1. The molecule has 1 heterocycles. The molecule has 3 nitrogen and oxygen atoms in total. The molecular weight excluding hydrogens is 220 g/mol. The Morgan fingerprint density at radius 3 is 2.69 bits per heavy atom. The molecule has 94 valence electrons. The fourth-order valence-corrected chi connectivity index (χ4v) is 3.20. The van der Waals surface area contributed by atoms with E-state index in [1.807, 2.05) is 37.4 Å². The second-order valence-electron chi connectivity index (χ2n) is 4.97. The molecule has 0 bridgehead atoms. The highest BCUT2D eigenvalue weighted by Gasteiger charge is 2.36. The molecule has 0 spiro atoms. The number of carbonyl (C=O) groups is 1. The van der Waals surface area contributed by atoms with Gasteiger partial charge in [-0.25, -0.2) is 0 Å². The van der Waals surface area contributed by atoms with E-state index in [2.05, 4.69) is 19.2 Å². The van der Waals surface area contributed by atoms with Gasteiger partial charge in [-0.3, -0.25) is 4.79 Å². The fraction of sp³-hybridized carbons (Fsp3) is 0.917. The van der Waals surface area contributed by atoms with Gasteiger partial charge in [0.15, 0.2) is 0 Å². The van der Waals surface area contributed by atoms with E-state index in [1.54, 1.807) is 0 Å². The number of hydrogen-bond acceptors (Lipinski definition) is 3. The lowest BCUT2D eigenvalue weighted by molar-refractivity contribution is -0.139. The fourth-order valence-electron chi connectivity index (χ4n) is 2.10. The summed E-state index contributed by atoms with van der Waals surface area (Å²) in [5.41, 5.74) is -0.440. The molecule has 1 aliphatic rings.